The van der Waals surface area contributed by atoms with E-state index < -0.39 is 6.09 Å². The van der Waals surface area contributed by atoms with Crippen LogP contribution in [-0.4, -0.2) is 57.1 Å². The van der Waals surface area contributed by atoms with Crippen LogP contribution in [0.1, 0.15) is 38.5 Å². The van der Waals surface area contributed by atoms with Gasteiger partial charge in [-0.1, -0.05) is 6.42 Å². The van der Waals surface area contributed by atoms with Crippen LogP contribution in [0.5, 0.6) is 0 Å². The van der Waals surface area contributed by atoms with Gasteiger partial charge < -0.3 is 19.1 Å². The third-order valence-electron chi connectivity index (χ3n) is 2.74. The molecule has 10 heteroatoms. The molecule has 1 heterocycles. The average Bonchev–Trinajstić information content (AvgIpc) is 2.63. The van der Waals surface area contributed by atoms with E-state index in [1.54, 1.807) is 5.43 Å². The second-order valence-corrected chi connectivity index (χ2v) is 4.55. The molecule has 1 aliphatic heterocycles. The molecule has 140 valence electrons. The summed E-state index contributed by atoms with van der Waals surface area (Å²) in [4.78, 5) is 39.6. The molecular weight excluding hydrogens is 320 g/mol. The average molecular weight is 348 g/mol. The number of carbonyl (C=O) groups is 4. The number of rotatable bonds is 5. The highest BCUT2D eigenvalue weighted by Crippen LogP contribution is 2.05. The van der Waals surface area contributed by atoms with E-state index in [0.29, 0.717) is 19.3 Å². The summed E-state index contributed by atoms with van der Waals surface area (Å²) in [5, 5.41) is 1.90. The fraction of sp³-hybridized carbons (Fsp3) is 0.714. The van der Waals surface area contributed by atoms with Crippen LogP contribution in [0.15, 0.2) is 0 Å². The van der Waals surface area contributed by atoms with Crippen LogP contribution >= 0.6 is 0 Å². The van der Waals surface area contributed by atoms with E-state index in [1.807, 2.05) is 5.01 Å². The van der Waals surface area contributed by atoms with Gasteiger partial charge in [-0.3, -0.25) is 10.9 Å². The number of nitrogens with zero attached hydrogens (tertiary/aromatic N) is 1. The largest absolute Gasteiger partial charge is 0.452 e. The molecule has 0 aromatic carbocycles. The molecule has 4 N–H and O–H groups in total. The zero-order chi connectivity index (χ0) is 18.6. The minimum Gasteiger partial charge on any atom is -0.452 e. The molecule has 1 rings (SSSR count). The Balaban J connectivity index is 0. The van der Waals surface area contributed by atoms with Crippen LogP contribution in [0.4, 0.5) is 9.59 Å². The second-order valence-electron chi connectivity index (χ2n) is 4.55. The SMILES string of the molecule is COC(=O)NN.COC(=O)NN1CCCCC1.O=CCCCC=O. The van der Waals surface area contributed by atoms with Crippen molar-refractivity contribution in [2.75, 3.05) is 27.3 Å². The quantitative estimate of drug-likeness (QED) is 0.215. The normalized spacial score (nSPS) is 13.0. The Bertz CT molecular complexity index is 334. The predicted octanol–water partition coefficient (Wildman–Crippen LogP) is 0.514. The number of unbranched alkanes of at least 4 members (excludes halogenated alkanes) is 2. The summed E-state index contributed by atoms with van der Waals surface area (Å²) in [5.41, 5.74) is 4.39. The number of nitrogens with two attached hydrogens (primary N) is 1. The highest BCUT2D eigenvalue weighted by atomic mass is 16.5. The Hall–Kier alpha value is -2.20. The van der Waals surface area contributed by atoms with Crippen LogP contribution < -0.4 is 16.7 Å². The van der Waals surface area contributed by atoms with Crippen molar-refractivity contribution in [1.82, 2.24) is 15.9 Å². The van der Waals surface area contributed by atoms with Gasteiger partial charge in [0.1, 0.15) is 12.6 Å². The summed E-state index contributed by atoms with van der Waals surface area (Å²) < 4.78 is 8.49. The molecule has 2 amide bonds. The van der Waals surface area contributed by atoms with Gasteiger partial charge in [-0.15, -0.1) is 0 Å². The first-order valence-electron chi connectivity index (χ1n) is 7.57. The summed E-state index contributed by atoms with van der Waals surface area (Å²) in [5.74, 6) is 4.56. The Kier molecular flexibility index (Phi) is 18.9. The maximum atomic E-state index is 10.7. The molecule has 0 aliphatic carbocycles. The zero-order valence-corrected chi connectivity index (χ0v) is 14.3. The van der Waals surface area contributed by atoms with E-state index >= 15 is 0 Å². The minimum absolute atomic E-state index is 0.369. The Morgan fingerprint density at radius 1 is 1.00 bits per heavy atom. The van der Waals surface area contributed by atoms with Crippen molar-refractivity contribution < 1.29 is 28.7 Å². The number of hydrazine groups is 2. The van der Waals surface area contributed by atoms with Gasteiger partial charge >= 0.3 is 12.2 Å². The van der Waals surface area contributed by atoms with Gasteiger partial charge in [-0.05, 0) is 19.3 Å². The topological polar surface area (TPSA) is 140 Å². The predicted molar refractivity (Wildman–Crippen MR) is 86.7 cm³/mol. The first kappa shape index (κ1) is 24.1. The van der Waals surface area contributed by atoms with Crippen molar-refractivity contribution in [3.63, 3.8) is 0 Å². The van der Waals surface area contributed by atoms with Crippen molar-refractivity contribution in [3.05, 3.63) is 0 Å². The van der Waals surface area contributed by atoms with E-state index in [0.717, 1.165) is 38.5 Å². The van der Waals surface area contributed by atoms with Crippen molar-refractivity contribution in [2.24, 2.45) is 5.84 Å². The van der Waals surface area contributed by atoms with Crippen LogP contribution in [0.25, 0.3) is 0 Å². The summed E-state index contributed by atoms with van der Waals surface area (Å²) in [6, 6.07) is 0. The number of amides is 2. The number of carbonyl (C=O) groups excluding carboxylic acids is 4. The smallest absolute Gasteiger partial charge is 0.421 e. The highest BCUT2D eigenvalue weighted by molar-refractivity contribution is 5.66. The van der Waals surface area contributed by atoms with Crippen LogP contribution in [0.2, 0.25) is 0 Å². The molecule has 1 fully saturated rings. The lowest BCUT2D eigenvalue weighted by Gasteiger charge is -2.25. The molecule has 10 nitrogen and oxygen atoms in total. The Morgan fingerprint density at radius 3 is 1.83 bits per heavy atom. The van der Waals surface area contributed by atoms with Gasteiger partial charge in [0.2, 0.25) is 0 Å². The number of hydrogen-bond donors (Lipinski definition) is 3. The van der Waals surface area contributed by atoms with E-state index in [-0.39, 0.29) is 6.09 Å². The fourth-order valence-corrected chi connectivity index (χ4v) is 1.52. The molecule has 0 atom stereocenters. The van der Waals surface area contributed by atoms with Crippen molar-refractivity contribution in [1.29, 1.82) is 0 Å². The van der Waals surface area contributed by atoms with Gasteiger partial charge in [0.05, 0.1) is 14.2 Å². The van der Waals surface area contributed by atoms with Gasteiger partial charge in [-0.25, -0.2) is 20.4 Å². The second kappa shape index (κ2) is 18.8. The maximum Gasteiger partial charge on any atom is 0.421 e. The van der Waals surface area contributed by atoms with E-state index in [1.165, 1.54) is 20.6 Å². The zero-order valence-electron chi connectivity index (χ0n) is 14.3. The van der Waals surface area contributed by atoms with Gasteiger partial charge in [0.25, 0.3) is 0 Å². The molecule has 0 bridgehead atoms. The summed E-state index contributed by atoms with van der Waals surface area (Å²) in [6.45, 7) is 1.88. The number of methoxy groups -OCH3 is 2. The first-order valence-corrected chi connectivity index (χ1v) is 7.57. The highest BCUT2D eigenvalue weighted by Gasteiger charge is 2.11. The molecule has 0 aromatic rings. The van der Waals surface area contributed by atoms with Crippen LogP contribution in [0.3, 0.4) is 0 Å². The molecule has 1 saturated heterocycles. The lowest BCUT2D eigenvalue weighted by atomic mass is 10.2. The summed E-state index contributed by atoms with van der Waals surface area (Å²) in [6.07, 6.45) is 5.95. The number of ether oxygens (including phenoxy) is 2. The molecule has 0 spiro atoms. The van der Waals surface area contributed by atoms with Gasteiger partial charge in [0.15, 0.2) is 0 Å². The third kappa shape index (κ3) is 17.9. The summed E-state index contributed by atoms with van der Waals surface area (Å²) >= 11 is 0. The molecule has 24 heavy (non-hydrogen) atoms. The molecule has 1 aliphatic rings. The monoisotopic (exact) mass is 348 g/mol. The lowest BCUT2D eigenvalue weighted by molar-refractivity contribution is -0.108. The van der Waals surface area contributed by atoms with Gasteiger partial charge in [0, 0.05) is 25.9 Å². The van der Waals surface area contributed by atoms with E-state index in [2.05, 4.69) is 20.7 Å². The van der Waals surface area contributed by atoms with Crippen molar-refractivity contribution in [2.45, 2.75) is 38.5 Å². The number of piperidine rings is 1. The molecular formula is C14H28N4O6. The van der Waals surface area contributed by atoms with Crippen molar-refractivity contribution in [3.8, 4) is 0 Å². The van der Waals surface area contributed by atoms with Gasteiger partial charge in [-0.2, -0.15) is 0 Å². The molecule has 0 unspecified atom stereocenters. The Labute approximate surface area is 142 Å². The maximum absolute atomic E-state index is 10.7. The number of hydrogen-bond acceptors (Lipinski definition) is 8. The third-order valence-corrected chi connectivity index (χ3v) is 2.74. The molecule has 0 aromatic heterocycles. The number of nitrogens with one attached hydrogen (secondary N) is 2. The van der Waals surface area contributed by atoms with E-state index in [4.69, 9.17) is 0 Å². The fourth-order valence-electron chi connectivity index (χ4n) is 1.52. The van der Waals surface area contributed by atoms with E-state index in [9.17, 15) is 19.2 Å². The minimum atomic E-state index is -0.630. The number of aldehydes is 2. The molecule has 0 radical (unpaired) electrons. The Morgan fingerprint density at radius 2 is 1.50 bits per heavy atom. The molecule has 0 saturated carbocycles. The van der Waals surface area contributed by atoms with Crippen LogP contribution in [-0.2, 0) is 19.1 Å². The summed E-state index contributed by atoms with van der Waals surface area (Å²) in [7, 11) is 2.61. The van der Waals surface area contributed by atoms with Crippen molar-refractivity contribution >= 4 is 24.8 Å². The first-order chi connectivity index (χ1) is 11.5. The van der Waals surface area contributed by atoms with Crippen LogP contribution in [0, 0.1) is 0 Å². The lowest BCUT2D eigenvalue weighted by Crippen LogP contribution is -2.44. The standard InChI is InChI=1S/C7H14N2O2.C5H8O2.C2H6N2O2/c1-11-7(10)8-9-5-3-2-4-6-9;6-4-2-1-3-5-7;1-6-2(5)4-3/h2-6H2,1H3,(H,8,10);4-5H,1-3H2;3H2,1H3,(H,4,5).